The fourth-order valence-electron chi connectivity index (χ4n) is 2.20. The summed E-state index contributed by atoms with van der Waals surface area (Å²) in [5.41, 5.74) is 0. The van der Waals surface area contributed by atoms with E-state index in [2.05, 4.69) is 0 Å². The topological polar surface area (TPSA) is 74.6 Å². The van der Waals surface area contributed by atoms with Gasteiger partial charge in [-0.2, -0.15) is 0 Å². The van der Waals surface area contributed by atoms with Crippen molar-refractivity contribution in [1.29, 1.82) is 0 Å². The summed E-state index contributed by atoms with van der Waals surface area (Å²) >= 11 is 0. The monoisotopic (exact) mass is 226 g/mol. The molecule has 1 aliphatic rings. The molecule has 0 aromatic heterocycles. The second-order valence-electron chi connectivity index (χ2n) is 4.19. The van der Waals surface area contributed by atoms with Crippen LogP contribution in [0.2, 0.25) is 0 Å². The highest BCUT2D eigenvalue weighted by Gasteiger charge is 2.34. The molecule has 0 aromatic carbocycles. The van der Waals surface area contributed by atoms with Crippen molar-refractivity contribution in [1.82, 2.24) is 0 Å². The van der Waals surface area contributed by atoms with Crippen molar-refractivity contribution in [2.24, 2.45) is 11.8 Å². The number of Topliss-reactive ketones (excluding diaryl/α,β-unsaturated/α-hetero) is 1. The van der Waals surface area contributed by atoms with Gasteiger partial charge in [0, 0.05) is 25.4 Å². The summed E-state index contributed by atoms with van der Waals surface area (Å²) < 4.78 is 0. The lowest BCUT2D eigenvalue weighted by Gasteiger charge is -2.14. The standard InChI is InChI=1S/C12H18O4/c13-7-3-1-2-4-10-9(8-12(15)16)5-6-11(10)14/h1-2,9-10,13H,3-8H2,(H,15,16)/b2-1-/t9-,10+/m1/s1. The molecule has 1 rings (SSSR count). The van der Waals surface area contributed by atoms with Gasteiger partial charge in [-0.05, 0) is 25.2 Å². The highest BCUT2D eigenvalue weighted by Crippen LogP contribution is 2.33. The van der Waals surface area contributed by atoms with Gasteiger partial charge in [-0.25, -0.2) is 0 Å². The lowest BCUT2D eigenvalue weighted by Crippen LogP contribution is -2.17. The van der Waals surface area contributed by atoms with Gasteiger partial charge in [-0.3, -0.25) is 9.59 Å². The maximum Gasteiger partial charge on any atom is 0.303 e. The molecule has 0 unspecified atom stereocenters. The number of carbonyl (C=O) groups excluding carboxylic acids is 1. The van der Waals surface area contributed by atoms with E-state index >= 15 is 0 Å². The van der Waals surface area contributed by atoms with Crippen LogP contribution in [0.4, 0.5) is 0 Å². The minimum Gasteiger partial charge on any atom is -0.481 e. The Morgan fingerprint density at radius 3 is 2.81 bits per heavy atom. The van der Waals surface area contributed by atoms with Crippen molar-refractivity contribution in [3.63, 3.8) is 0 Å². The number of carbonyl (C=O) groups is 2. The average molecular weight is 226 g/mol. The molecule has 0 spiro atoms. The third kappa shape index (κ3) is 3.77. The summed E-state index contributed by atoms with van der Waals surface area (Å²) in [6, 6.07) is 0. The number of aliphatic hydroxyl groups excluding tert-OH is 1. The number of hydrogen-bond acceptors (Lipinski definition) is 3. The van der Waals surface area contributed by atoms with Gasteiger partial charge in [0.2, 0.25) is 0 Å². The molecular formula is C12H18O4. The predicted octanol–water partition coefficient (Wildman–Crippen LogP) is 1.39. The van der Waals surface area contributed by atoms with E-state index in [4.69, 9.17) is 10.2 Å². The lowest BCUT2D eigenvalue weighted by molar-refractivity contribution is -0.138. The number of carboxylic acid groups (broad SMARTS) is 1. The van der Waals surface area contributed by atoms with E-state index in [0.29, 0.717) is 25.7 Å². The average Bonchev–Trinajstić information content (AvgIpc) is 2.55. The van der Waals surface area contributed by atoms with Crippen LogP contribution in [-0.4, -0.2) is 28.6 Å². The summed E-state index contributed by atoms with van der Waals surface area (Å²) in [5.74, 6) is -0.793. The minimum atomic E-state index is -0.830. The third-order valence-corrected chi connectivity index (χ3v) is 3.03. The van der Waals surface area contributed by atoms with Crippen LogP contribution < -0.4 is 0 Å². The summed E-state index contributed by atoms with van der Waals surface area (Å²) in [4.78, 5) is 22.2. The number of ketones is 1. The molecule has 0 aromatic rings. The molecule has 0 radical (unpaired) electrons. The highest BCUT2D eigenvalue weighted by molar-refractivity contribution is 5.84. The highest BCUT2D eigenvalue weighted by atomic mass is 16.4. The van der Waals surface area contributed by atoms with E-state index in [1.54, 1.807) is 0 Å². The molecule has 0 heterocycles. The van der Waals surface area contributed by atoms with Gasteiger partial charge in [-0.1, -0.05) is 12.2 Å². The molecule has 4 nitrogen and oxygen atoms in total. The first-order valence-electron chi connectivity index (χ1n) is 5.65. The molecule has 2 atom stereocenters. The quantitative estimate of drug-likeness (QED) is 0.671. The molecule has 0 saturated heterocycles. The van der Waals surface area contributed by atoms with Crippen LogP contribution in [0.5, 0.6) is 0 Å². The van der Waals surface area contributed by atoms with Gasteiger partial charge in [0.25, 0.3) is 0 Å². The van der Waals surface area contributed by atoms with E-state index in [1.807, 2.05) is 12.2 Å². The zero-order valence-corrected chi connectivity index (χ0v) is 9.26. The number of rotatable bonds is 6. The lowest BCUT2D eigenvalue weighted by atomic mass is 9.89. The molecule has 0 bridgehead atoms. The van der Waals surface area contributed by atoms with E-state index in [9.17, 15) is 9.59 Å². The predicted molar refractivity (Wildman–Crippen MR) is 58.9 cm³/mol. The Morgan fingerprint density at radius 2 is 2.19 bits per heavy atom. The third-order valence-electron chi connectivity index (χ3n) is 3.03. The maximum absolute atomic E-state index is 11.6. The fraction of sp³-hybridized carbons (Fsp3) is 0.667. The number of aliphatic hydroxyl groups is 1. The van der Waals surface area contributed by atoms with Crippen LogP contribution in [-0.2, 0) is 9.59 Å². The molecule has 0 aliphatic heterocycles. The van der Waals surface area contributed by atoms with Crippen LogP contribution in [0.25, 0.3) is 0 Å². The van der Waals surface area contributed by atoms with E-state index in [1.165, 1.54) is 0 Å². The van der Waals surface area contributed by atoms with Crippen molar-refractivity contribution >= 4 is 11.8 Å². The summed E-state index contributed by atoms with van der Waals surface area (Å²) in [6.07, 6.45) is 6.20. The fourth-order valence-corrected chi connectivity index (χ4v) is 2.20. The van der Waals surface area contributed by atoms with Crippen LogP contribution in [0.3, 0.4) is 0 Å². The Labute approximate surface area is 95.0 Å². The Bertz CT molecular complexity index is 283. The van der Waals surface area contributed by atoms with Gasteiger partial charge in [0.05, 0.1) is 0 Å². The van der Waals surface area contributed by atoms with E-state index in [-0.39, 0.29) is 30.6 Å². The molecule has 16 heavy (non-hydrogen) atoms. The largest absolute Gasteiger partial charge is 0.481 e. The Morgan fingerprint density at radius 1 is 1.44 bits per heavy atom. The first-order valence-corrected chi connectivity index (χ1v) is 5.65. The smallest absolute Gasteiger partial charge is 0.303 e. The normalized spacial score (nSPS) is 25.4. The zero-order valence-electron chi connectivity index (χ0n) is 9.26. The zero-order chi connectivity index (χ0) is 12.0. The van der Waals surface area contributed by atoms with Crippen LogP contribution >= 0.6 is 0 Å². The van der Waals surface area contributed by atoms with Crippen LogP contribution in [0.15, 0.2) is 12.2 Å². The summed E-state index contributed by atoms with van der Waals surface area (Å²) in [5, 5.41) is 17.3. The van der Waals surface area contributed by atoms with Crippen LogP contribution in [0, 0.1) is 11.8 Å². The first kappa shape index (κ1) is 12.9. The van der Waals surface area contributed by atoms with Crippen molar-refractivity contribution in [2.45, 2.75) is 32.1 Å². The van der Waals surface area contributed by atoms with Crippen molar-refractivity contribution < 1.29 is 19.8 Å². The Balaban J connectivity index is 2.46. The molecule has 1 fully saturated rings. The SMILES string of the molecule is O=C(O)C[C@H]1CCC(=O)[C@H]1C/C=C\CCO. The number of hydrogen-bond donors (Lipinski definition) is 2. The Hall–Kier alpha value is -1.16. The van der Waals surface area contributed by atoms with Gasteiger partial charge >= 0.3 is 5.97 Å². The van der Waals surface area contributed by atoms with Gasteiger partial charge in [0.15, 0.2) is 0 Å². The molecule has 1 saturated carbocycles. The van der Waals surface area contributed by atoms with Crippen molar-refractivity contribution in [2.75, 3.05) is 6.61 Å². The summed E-state index contributed by atoms with van der Waals surface area (Å²) in [6.45, 7) is 0.105. The van der Waals surface area contributed by atoms with Gasteiger partial charge in [-0.15, -0.1) is 0 Å². The first-order chi connectivity index (χ1) is 7.65. The van der Waals surface area contributed by atoms with Crippen LogP contribution in [0.1, 0.15) is 32.1 Å². The maximum atomic E-state index is 11.6. The molecule has 0 amide bonds. The molecule has 1 aliphatic carbocycles. The van der Waals surface area contributed by atoms with Gasteiger partial charge in [0.1, 0.15) is 5.78 Å². The number of allylic oxidation sites excluding steroid dienone is 1. The van der Waals surface area contributed by atoms with E-state index < -0.39 is 5.97 Å². The molecule has 2 N–H and O–H groups in total. The number of carboxylic acids is 1. The number of aliphatic carboxylic acids is 1. The molecule has 90 valence electrons. The minimum absolute atomic E-state index is 0.0104. The Kier molecular flexibility index (Phi) is 5.19. The summed E-state index contributed by atoms with van der Waals surface area (Å²) in [7, 11) is 0. The molecular weight excluding hydrogens is 208 g/mol. The molecule has 4 heteroatoms. The second kappa shape index (κ2) is 6.43. The second-order valence-corrected chi connectivity index (χ2v) is 4.19. The van der Waals surface area contributed by atoms with Gasteiger partial charge < -0.3 is 10.2 Å². The van der Waals surface area contributed by atoms with E-state index in [0.717, 1.165) is 0 Å². The van der Waals surface area contributed by atoms with Crippen molar-refractivity contribution in [3.8, 4) is 0 Å². The van der Waals surface area contributed by atoms with Crippen molar-refractivity contribution in [3.05, 3.63) is 12.2 Å².